The van der Waals surface area contributed by atoms with Gasteiger partial charge in [0.15, 0.2) is 0 Å². The molecule has 0 aliphatic heterocycles. The molecule has 0 spiro atoms. The molecular weight excluding hydrogens is 340 g/mol. The number of carboxylic acid groups (broad SMARTS) is 1. The molecule has 0 fully saturated rings. The van der Waals surface area contributed by atoms with Crippen molar-refractivity contribution >= 4 is 22.8 Å². The first kappa shape index (κ1) is 26.6. The highest BCUT2D eigenvalue weighted by Gasteiger charge is 1.97. The molecule has 0 unspecified atom stereocenters. The first-order chi connectivity index (χ1) is 12.0. The number of hydrogen-bond donors (Lipinski definition) is 2. The fourth-order valence-corrected chi connectivity index (χ4v) is 2.65. The van der Waals surface area contributed by atoms with E-state index >= 15 is 0 Å². The van der Waals surface area contributed by atoms with Crippen LogP contribution in [0.15, 0.2) is 0 Å². The van der Waals surface area contributed by atoms with Gasteiger partial charge in [0.05, 0.1) is 0 Å². The molecule has 5 heteroatoms. The van der Waals surface area contributed by atoms with E-state index in [0.717, 1.165) is 12.8 Å². The number of carboxylic acids is 1. The summed E-state index contributed by atoms with van der Waals surface area (Å²) in [6.07, 6.45) is 20.2. The maximum atomic E-state index is 10.3. The summed E-state index contributed by atoms with van der Waals surface area (Å²) in [7, 11) is 0. The molecule has 0 aromatic carbocycles. The summed E-state index contributed by atoms with van der Waals surface area (Å²) in [5.74, 6) is -0.653. The van der Waals surface area contributed by atoms with Crippen LogP contribution in [-0.2, 0) is 9.59 Å². The van der Waals surface area contributed by atoms with Gasteiger partial charge >= 0.3 is 5.97 Å². The predicted molar refractivity (Wildman–Crippen MR) is 105 cm³/mol. The van der Waals surface area contributed by atoms with Crippen molar-refractivity contribution in [3.05, 3.63) is 0 Å². The molecule has 150 valence electrons. The van der Waals surface area contributed by atoms with Crippen molar-refractivity contribution in [2.75, 3.05) is 6.61 Å². The Labute approximate surface area is 159 Å². The first-order valence-corrected chi connectivity index (χ1v) is 10.4. The molecule has 4 nitrogen and oxygen atoms in total. The van der Waals surface area contributed by atoms with Crippen LogP contribution in [0.4, 0.5) is 0 Å². The highest BCUT2D eigenvalue weighted by atomic mass is 35.5. The van der Waals surface area contributed by atoms with Crippen molar-refractivity contribution in [3.63, 3.8) is 0 Å². The van der Waals surface area contributed by atoms with E-state index in [0.29, 0.717) is 6.42 Å². The maximum Gasteiger partial charge on any atom is 0.303 e. The van der Waals surface area contributed by atoms with Crippen LogP contribution in [0.3, 0.4) is 0 Å². The van der Waals surface area contributed by atoms with Crippen LogP contribution in [0.25, 0.3) is 0 Å². The summed E-state index contributed by atoms with van der Waals surface area (Å²) in [6.45, 7) is 1.70. The maximum absolute atomic E-state index is 10.3. The third-order valence-electron chi connectivity index (χ3n) is 4.12. The number of hydrogen-bond acceptors (Lipinski definition) is 3. The summed E-state index contributed by atoms with van der Waals surface area (Å²) in [6, 6.07) is 0. The van der Waals surface area contributed by atoms with Gasteiger partial charge in [-0.1, -0.05) is 96.8 Å². The quantitative estimate of drug-likeness (QED) is 0.237. The van der Waals surface area contributed by atoms with Gasteiger partial charge in [0.25, 0.3) is 0 Å². The average Bonchev–Trinajstić information content (AvgIpc) is 2.58. The second kappa shape index (κ2) is 23.4. The number of unbranched alkanes of at least 4 members (excludes halogenated alkanes) is 14. The normalized spacial score (nSPS) is 10.2. The Morgan fingerprint density at radius 3 is 1.20 bits per heavy atom. The van der Waals surface area contributed by atoms with Gasteiger partial charge in [-0.3, -0.25) is 9.59 Å². The molecule has 0 aromatic heterocycles. The third kappa shape index (κ3) is 31.6. The van der Waals surface area contributed by atoms with Crippen LogP contribution in [0.5, 0.6) is 0 Å². The molecule has 0 saturated heterocycles. The van der Waals surface area contributed by atoms with Crippen LogP contribution in [0, 0.1) is 0 Å². The Morgan fingerprint density at radius 2 is 0.960 bits per heavy atom. The molecule has 0 aliphatic carbocycles. The minimum Gasteiger partial charge on any atom is -0.481 e. The van der Waals surface area contributed by atoms with Crippen molar-refractivity contribution in [1.29, 1.82) is 0 Å². The monoisotopic (exact) mass is 378 g/mol. The third-order valence-corrected chi connectivity index (χ3v) is 4.24. The van der Waals surface area contributed by atoms with Crippen LogP contribution >= 0.6 is 11.6 Å². The fourth-order valence-electron chi connectivity index (χ4n) is 2.65. The lowest BCUT2D eigenvalue weighted by Crippen LogP contribution is -1.93. The molecule has 0 bridgehead atoms. The van der Waals surface area contributed by atoms with Gasteiger partial charge in [-0.25, -0.2) is 0 Å². The van der Waals surface area contributed by atoms with E-state index in [4.69, 9.17) is 10.2 Å². The fraction of sp³-hybridized carbons (Fsp3) is 0.900. The molecule has 0 heterocycles. The SMILES string of the molecule is CCCCCCCCCCCCCCCCCC(=O)O.O=C(Cl)CO. The lowest BCUT2D eigenvalue weighted by molar-refractivity contribution is -0.137. The Bertz CT molecular complexity index is 295. The number of carbonyl (C=O) groups excluding carboxylic acids is 1. The average molecular weight is 379 g/mol. The van der Waals surface area contributed by atoms with E-state index < -0.39 is 17.8 Å². The molecule has 0 radical (unpaired) electrons. The van der Waals surface area contributed by atoms with Gasteiger partial charge in [0.1, 0.15) is 6.61 Å². The van der Waals surface area contributed by atoms with E-state index in [-0.39, 0.29) is 0 Å². The summed E-state index contributed by atoms with van der Waals surface area (Å²) in [5, 5.41) is 15.5. The number of aliphatic hydroxyl groups excluding tert-OH is 1. The van der Waals surface area contributed by atoms with Gasteiger partial charge < -0.3 is 10.2 Å². The van der Waals surface area contributed by atoms with Gasteiger partial charge in [0.2, 0.25) is 5.24 Å². The second-order valence-corrected chi connectivity index (χ2v) is 7.03. The molecule has 25 heavy (non-hydrogen) atoms. The minimum absolute atomic E-state index is 0.345. The van der Waals surface area contributed by atoms with Crippen LogP contribution in [0.1, 0.15) is 110 Å². The minimum atomic E-state index is -0.718. The Balaban J connectivity index is 0. The zero-order chi connectivity index (χ0) is 19.2. The van der Waals surface area contributed by atoms with Crippen molar-refractivity contribution in [1.82, 2.24) is 0 Å². The smallest absolute Gasteiger partial charge is 0.303 e. The largest absolute Gasteiger partial charge is 0.481 e. The highest BCUT2D eigenvalue weighted by molar-refractivity contribution is 6.63. The Kier molecular flexibility index (Phi) is 24.9. The van der Waals surface area contributed by atoms with E-state index in [9.17, 15) is 9.59 Å². The number of carbonyl (C=O) groups is 2. The summed E-state index contributed by atoms with van der Waals surface area (Å²) in [4.78, 5) is 19.7. The second-order valence-electron chi connectivity index (χ2n) is 6.61. The number of halogens is 1. The lowest BCUT2D eigenvalue weighted by Gasteiger charge is -2.03. The van der Waals surface area contributed by atoms with Crippen molar-refractivity contribution in [2.24, 2.45) is 0 Å². The van der Waals surface area contributed by atoms with Crippen molar-refractivity contribution in [3.8, 4) is 0 Å². The molecule has 0 atom stereocenters. The van der Waals surface area contributed by atoms with Crippen molar-refractivity contribution in [2.45, 2.75) is 110 Å². The van der Waals surface area contributed by atoms with E-state index in [1.165, 1.54) is 83.5 Å². The number of aliphatic carboxylic acids is 1. The summed E-state index contributed by atoms with van der Waals surface area (Å²) < 4.78 is 0. The standard InChI is InChI=1S/C18H36O2.C2H3ClO2/c1-2-3-4-5-6-7-8-9-10-11-12-13-14-15-16-17-18(19)20;3-2(5)1-4/h2-17H2,1H3,(H,19,20);4H,1H2. The van der Waals surface area contributed by atoms with Crippen molar-refractivity contribution < 1.29 is 19.8 Å². The zero-order valence-corrected chi connectivity index (χ0v) is 16.9. The highest BCUT2D eigenvalue weighted by Crippen LogP contribution is 2.13. The van der Waals surface area contributed by atoms with Crippen LogP contribution in [-0.4, -0.2) is 28.0 Å². The molecule has 0 saturated carbocycles. The molecular formula is C20H39ClO4. The number of rotatable bonds is 17. The molecule has 0 rings (SSSR count). The van der Waals surface area contributed by atoms with E-state index in [2.05, 4.69) is 18.5 Å². The molecule has 2 N–H and O–H groups in total. The Morgan fingerprint density at radius 1 is 0.680 bits per heavy atom. The van der Waals surface area contributed by atoms with Gasteiger partial charge in [-0.2, -0.15) is 0 Å². The van der Waals surface area contributed by atoms with Gasteiger partial charge in [-0.15, -0.1) is 0 Å². The Hall–Kier alpha value is -0.610. The first-order valence-electron chi connectivity index (χ1n) is 10.1. The van der Waals surface area contributed by atoms with E-state index in [1.807, 2.05) is 0 Å². The molecule has 0 aromatic rings. The zero-order valence-electron chi connectivity index (χ0n) is 16.1. The topological polar surface area (TPSA) is 74.6 Å². The lowest BCUT2D eigenvalue weighted by atomic mass is 10.0. The van der Waals surface area contributed by atoms with Crippen LogP contribution in [0.2, 0.25) is 0 Å². The number of aliphatic hydroxyl groups is 1. The van der Waals surface area contributed by atoms with E-state index in [1.54, 1.807) is 0 Å². The summed E-state index contributed by atoms with van der Waals surface area (Å²) >= 11 is 4.57. The molecule has 0 aliphatic rings. The summed E-state index contributed by atoms with van der Waals surface area (Å²) in [5.41, 5.74) is 0. The predicted octanol–water partition coefficient (Wildman–Crippen LogP) is 6.08. The van der Waals surface area contributed by atoms with Gasteiger partial charge in [0, 0.05) is 6.42 Å². The molecule has 0 amide bonds. The van der Waals surface area contributed by atoms with Gasteiger partial charge in [-0.05, 0) is 18.0 Å². The van der Waals surface area contributed by atoms with Crippen LogP contribution < -0.4 is 0 Å².